The molecule has 7 nitrogen and oxygen atoms in total. The number of para-hydroxylation sites is 1. The van der Waals surface area contributed by atoms with E-state index in [9.17, 15) is 9.59 Å². The Hall–Kier alpha value is -2.96. The van der Waals surface area contributed by atoms with Crippen LogP contribution in [0.2, 0.25) is 0 Å². The molecular weight excluding hydrogens is 320 g/mol. The fourth-order valence-corrected chi connectivity index (χ4v) is 2.82. The van der Waals surface area contributed by atoms with Gasteiger partial charge in [-0.25, -0.2) is 4.79 Å². The van der Waals surface area contributed by atoms with Gasteiger partial charge in [-0.3, -0.25) is 4.79 Å². The highest BCUT2D eigenvalue weighted by atomic mass is 16.3. The quantitative estimate of drug-likeness (QED) is 0.829. The van der Waals surface area contributed by atoms with Gasteiger partial charge in [-0.1, -0.05) is 18.2 Å². The number of hydrogen-bond acceptors (Lipinski definition) is 4. The third kappa shape index (κ3) is 4.12. The van der Waals surface area contributed by atoms with Gasteiger partial charge < -0.3 is 24.9 Å². The number of carbonyl (C=O) groups excluding carboxylic acids is 2. The number of rotatable bonds is 4. The maximum absolute atomic E-state index is 12.4. The molecule has 2 aromatic rings. The molecule has 0 atom stereocenters. The van der Waals surface area contributed by atoms with E-state index in [1.54, 1.807) is 17.0 Å². The Balaban J connectivity index is 1.48. The molecule has 0 bridgehead atoms. The van der Waals surface area contributed by atoms with E-state index in [1.807, 2.05) is 25.2 Å². The predicted octanol–water partition coefficient (Wildman–Crippen LogP) is 1.67. The molecule has 132 valence electrons. The van der Waals surface area contributed by atoms with Crippen molar-refractivity contribution in [3.63, 3.8) is 0 Å². The Labute approximate surface area is 146 Å². The zero-order valence-corrected chi connectivity index (χ0v) is 14.2. The first-order valence-corrected chi connectivity index (χ1v) is 8.28. The molecule has 7 heteroatoms. The smallest absolute Gasteiger partial charge is 0.317 e. The molecule has 0 radical (unpaired) electrons. The molecule has 1 aliphatic heterocycles. The Morgan fingerprint density at radius 3 is 2.68 bits per heavy atom. The summed E-state index contributed by atoms with van der Waals surface area (Å²) in [5.74, 6) is -0.0249. The minimum atomic E-state index is -0.287. The van der Waals surface area contributed by atoms with Crippen molar-refractivity contribution < 1.29 is 14.0 Å². The van der Waals surface area contributed by atoms with E-state index in [0.29, 0.717) is 26.2 Å². The van der Waals surface area contributed by atoms with Crippen LogP contribution in [0.3, 0.4) is 0 Å². The first kappa shape index (κ1) is 16.9. The second kappa shape index (κ2) is 7.74. The average molecular weight is 342 g/mol. The first-order valence-electron chi connectivity index (χ1n) is 8.28. The Kier molecular flexibility index (Phi) is 5.23. The lowest BCUT2D eigenvalue weighted by atomic mass is 10.1. The molecule has 1 aromatic heterocycles. The highest BCUT2D eigenvalue weighted by Crippen LogP contribution is 2.23. The number of nitrogens with one attached hydrogen (secondary N) is 2. The lowest BCUT2D eigenvalue weighted by Crippen LogP contribution is -2.44. The number of urea groups is 1. The number of nitrogens with zero attached hydrogens (tertiary/aromatic N) is 2. The highest BCUT2D eigenvalue weighted by Gasteiger charge is 2.20. The molecule has 0 aliphatic carbocycles. The number of anilines is 1. The van der Waals surface area contributed by atoms with Gasteiger partial charge >= 0.3 is 6.03 Å². The molecule has 0 fully saturated rings. The summed E-state index contributed by atoms with van der Waals surface area (Å²) in [7, 11) is 2.03. The van der Waals surface area contributed by atoms with Crippen LogP contribution in [0.5, 0.6) is 0 Å². The van der Waals surface area contributed by atoms with E-state index in [0.717, 1.165) is 17.8 Å². The standard InChI is InChI=1S/C18H22N4O3/c1-21-10-11-22(13-14-5-2-3-6-15(14)21)18(24)20-9-8-19-17(23)16-7-4-12-25-16/h2-7,12H,8-11,13H2,1H3,(H,19,23)(H,20,24). The van der Waals surface area contributed by atoms with Gasteiger partial charge in [0, 0.05) is 45.5 Å². The van der Waals surface area contributed by atoms with E-state index >= 15 is 0 Å². The monoisotopic (exact) mass is 342 g/mol. The third-order valence-electron chi connectivity index (χ3n) is 4.19. The summed E-state index contributed by atoms with van der Waals surface area (Å²) in [4.78, 5) is 28.1. The van der Waals surface area contributed by atoms with Crippen molar-refractivity contribution in [1.29, 1.82) is 0 Å². The Morgan fingerprint density at radius 2 is 1.88 bits per heavy atom. The van der Waals surface area contributed by atoms with Crippen molar-refractivity contribution in [3.8, 4) is 0 Å². The van der Waals surface area contributed by atoms with Crippen LogP contribution in [-0.4, -0.2) is 50.1 Å². The van der Waals surface area contributed by atoms with E-state index in [4.69, 9.17) is 4.42 Å². The van der Waals surface area contributed by atoms with Gasteiger partial charge in [0.05, 0.1) is 6.26 Å². The van der Waals surface area contributed by atoms with Crippen molar-refractivity contribution in [2.75, 3.05) is 38.1 Å². The molecule has 25 heavy (non-hydrogen) atoms. The minimum Gasteiger partial charge on any atom is -0.459 e. The number of fused-ring (bicyclic) bond motifs is 1. The number of furan rings is 1. The summed E-state index contributed by atoms with van der Waals surface area (Å²) in [5, 5.41) is 5.55. The van der Waals surface area contributed by atoms with E-state index in [1.165, 1.54) is 6.26 Å². The van der Waals surface area contributed by atoms with Crippen LogP contribution >= 0.6 is 0 Å². The SMILES string of the molecule is CN1CCN(C(=O)NCCNC(=O)c2ccco2)Cc2ccccc21. The van der Waals surface area contributed by atoms with Crippen LogP contribution in [0.1, 0.15) is 16.1 Å². The van der Waals surface area contributed by atoms with Crippen LogP contribution in [0.4, 0.5) is 10.5 Å². The number of benzene rings is 1. The summed E-state index contributed by atoms with van der Waals surface area (Å²) < 4.78 is 5.01. The van der Waals surface area contributed by atoms with Gasteiger partial charge in [0.1, 0.15) is 0 Å². The van der Waals surface area contributed by atoms with Gasteiger partial charge in [-0.15, -0.1) is 0 Å². The maximum atomic E-state index is 12.4. The average Bonchev–Trinajstić information content (AvgIpc) is 3.11. The molecule has 3 rings (SSSR count). The van der Waals surface area contributed by atoms with Crippen LogP contribution in [0.25, 0.3) is 0 Å². The molecule has 1 aromatic carbocycles. The van der Waals surface area contributed by atoms with Crippen LogP contribution in [0, 0.1) is 0 Å². The topological polar surface area (TPSA) is 77.8 Å². The molecule has 0 saturated carbocycles. The summed E-state index contributed by atoms with van der Waals surface area (Å²) in [5.41, 5.74) is 2.28. The first-order chi connectivity index (χ1) is 12.1. The van der Waals surface area contributed by atoms with Crippen LogP contribution < -0.4 is 15.5 Å². The van der Waals surface area contributed by atoms with E-state index in [-0.39, 0.29) is 17.7 Å². The highest BCUT2D eigenvalue weighted by molar-refractivity contribution is 5.91. The van der Waals surface area contributed by atoms with Crippen molar-refractivity contribution in [2.24, 2.45) is 0 Å². The van der Waals surface area contributed by atoms with Crippen LogP contribution in [0.15, 0.2) is 47.1 Å². The van der Waals surface area contributed by atoms with E-state index in [2.05, 4.69) is 21.6 Å². The molecular formula is C18H22N4O3. The molecule has 0 spiro atoms. The fraction of sp³-hybridized carbons (Fsp3) is 0.333. The summed E-state index contributed by atoms with van der Waals surface area (Å²) in [6.45, 7) is 2.70. The number of likely N-dealkylation sites (N-methyl/N-ethyl adjacent to an activating group) is 1. The largest absolute Gasteiger partial charge is 0.459 e. The van der Waals surface area contributed by atoms with Crippen molar-refractivity contribution >= 4 is 17.6 Å². The molecule has 2 N–H and O–H groups in total. The molecule has 2 heterocycles. The molecule has 1 aliphatic rings. The van der Waals surface area contributed by atoms with Crippen molar-refractivity contribution in [1.82, 2.24) is 15.5 Å². The molecule has 0 saturated heterocycles. The van der Waals surface area contributed by atoms with Crippen molar-refractivity contribution in [3.05, 3.63) is 54.0 Å². The number of amides is 3. The zero-order chi connectivity index (χ0) is 17.6. The normalized spacial score (nSPS) is 13.8. The lowest BCUT2D eigenvalue weighted by Gasteiger charge is -2.21. The zero-order valence-electron chi connectivity index (χ0n) is 14.2. The Morgan fingerprint density at radius 1 is 1.08 bits per heavy atom. The number of carbonyl (C=O) groups is 2. The Bertz CT molecular complexity index is 730. The van der Waals surface area contributed by atoms with Crippen LogP contribution in [-0.2, 0) is 6.54 Å². The summed E-state index contributed by atoms with van der Waals surface area (Å²) in [6, 6.07) is 11.2. The third-order valence-corrected chi connectivity index (χ3v) is 4.19. The summed E-state index contributed by atoms with van der Waals surface area (Å²) >= 11 is 0. The number of hydrogen-bond donors (Lipinski definition) is 2. The second-order valence-electron chi connectivity index (χ2n) is 5.94. The van der Waals surface area contributed by atoms with Gasteiger partial charge in [0.15, 0.2) is 5.76 Å². The minimum absolute atomic E-state index is 0.127. The second-order valence-corrected chi connectivity index (χ2v) is 5.94. The van der Waals surface area contributed by atoms with Crippen molar-refractivity contribution in [2.45, 2.75) is 6.54 Å². The lowest BCUT2D eigenvalue weighted by molar-refractivity contribution is 0.0926. The van der Waals surface area contributed by atoms with E-state index < -0.39 is 0 Å². The maximum Gasteiger partial charge on any atom is 0.317 e. The molecule has 3 amide bonds. The van der Waals surface area contributed by atoms with Gasteiger partial charge in [-0.05, 0) is 23.8 Å². The summed E-state index contributed by atoms with van der Waals surface area (Å²) in [6.07, 6.45) is 1.45. The fourth-order valence-electron chi connectivity index (χ4n) is 2.82. The van der Waals surface area contributed by atoms with Gasteiger partial charge in [0.25, 0.3) is 5.91 Å². The molecule has 0 unspecified atom stereocenters. The van der Waals surface area contributed by atoms with Gasteiger partial charge in [0.2, 0.25) is 0 Å². The van der Waals surface area contributed by atoms with Gasteiger partial charge in [-0.2, -0.15) is 0 Å². The predicted molar refractivity (Wildman–Crippen MR) is 94.6 cm³/mol.